The number of pyridine rings is 4. The molecular formula is C94H138FN7O4. The van der Waals surface area contributed by atoms with Crippen LogP contribution in [0.3, 0.4) is 0 Å². The first-order valence-electron chi connectivity index (χ1n) is 35.2. The van der Waals surface area contributed by atoms with Crippen molar-refractivity contribution in [1.29, 1.82) is 0 Å². The lowest BCUT2D eigenvalue weighted by atomic mass is 9.85. The molecule has 12 heteroatoms. The number of H-pyrrole nitrogens is 2. The maximum atomic E-state index is 12.8. The van der Waals surface area contributed by atoms with Crippen molar-refractivity contribution < 1.29 is 8.81 Å². The molecule has 3 N–H and O–H groups in total. The number of dihydropyridines is 1. The maximum absolute atomic E-state index is 12.8. The highest BCUT2D eigenvalue weighted by Crippen LogP contribution is 2.34. The van der Waals surface area contributed by atoms with Crippen molar-refractivity contribution in [3.05, 3.63) is 287 Å². The molecule has 11 nitrogen and oxygen atoms in total. The molecular weight excluding hydrogens is 1310 g/mol. The molecule has 0 bridgehead atoms. The third kappa shape index (κ3) is 30.4. The molecule has 580 valence electrons. The molecule has 0 spiro atoms. The summed E-state index contributed by atoms with van der Waals surface area (Å²) in [7, 11) is 1.78. The second kappa shape index (κ2) is 39.5. The Labute approximate surface area is 640 Å². The van der Waals surface area contributed by atoms with Crippen molar-refractivity contribution in [2.45, 2.75) is 267 Å². The number of nitrogens with zero attached hydrogens (tertiary/aromatic N) is 4. The zero-order valence-electron chi connectivity index (χ0n) is 65.9. The predicted octanol–water partition coefficient (Wildman–Crippen LogP) is 24.8. The first-order valence-corrected chi connectivity index (χ1v) is 35.2. The average molecular weight is 1450 g/mol. The number of oxazole rings is 1. The molecule has 1 aliphatic carbocycles. The van der Waals surface area contributed by atoms with Crippen LogP contribution >= 0.6 is 0 Å². The van der Waals surface area contributed by atoms with Crippen molar-refractivity contribution in [2.24, 2.45) is 17.5 Å². The number of allylic oxidation sites excluding steroid dienone is 4. The van der Waals surface area contributed by atoms with Gasteiger partial charge in [0.15, 0.2) is 11.4 Å². The molecule has 0 radical (unpaired) electrons. The highest BCUT2D eigenvalue weighted by molar-refractivity contribution is 5.79. The van der Waals surface area contributed by atoms with E-state index in [0.717, 1.165) is 52.9 Å². The number of aromatic amines is 2. The van der Waals surface area contributed by atoms with Crippen molar-refractivity contribution in [1.82, 2.24) is 29.8 Å². The largest absolute Gasteiger partial charge is 0.417 e. The zero-order chi connectivity index (χ0) is 76.0. The van der Waals surface area contributed by atoms with Gasteiger partial charge in [0.05, 0.1) is 16.7 Å². The van der Waals surface area contributed by atoms with Crippen molar-refractivity contribution in [2.75, 3.05) is 0 Å². The summed E-state index contributed by atoms with van der Waals surface area (Å²) in [6.07, 6.45) is 18.5. The molecule has 0 saturated heterocycles. The molecule has 0 amide bonds. The Morgan fingerprint density at radius 1 is 0.519 bits per heavy atom. The topological polar surface area (TPSA) is 151 Å². The first kappa shape index (κ1) is 97.0. The molecule has 4 aromatic carbocycles. The third-order valence-electron chi connectivity index (χ3n) is 17.3. The van der Waals surface area contributed by atoms with Crippen LogP contribution in [0.5, 0.6) is 0 Å². The normalized spacial score (nSPS) is 12.8. The number of aryl methyl sites for hydroxylation is 2. The lowest BCUT2D eigenvalue weighted by molar-refractivity contribution is 0.512. The van der Waals surface area contributed by atoms with Crippen molar-refractivity contribution >= 4 is 33.9 Å². The van der Waals surface area contributed by atoms with E-state index in [4.69, 9.17) is 4.42 Å². The monoisotopic (exact) mass is 1450 g/mol. The lowest BCUT2D eigenvalue weighted by Crippen LogP contribution is -2.19. The van der Waals surface area contributed by atoms with Gasteiger partial charge in [-0.15, -0.1) is 0 Å². The number of aromatic nitrogens is 5. The van der Waals surface area contributed by atoms with Crippen LogP contribution < -0.4 is 22.2 Å². The van der Waals surface area contributed by atoms with Crippen LogP contribution in [0.25, 0.3) is 22.0 Å². The van der Waals surface area contributed by atoms with Crippen LogP contribution in [0.1, 0.15) is 265 Å². The van der Waals surface area contributed by atoms with Crippen LogP contribution in [0, 0.1) is 18.2 Å². The van der Waals surface area contributed by atoms with Gasteiger partial charge < -0.3 is 19.3 Å². The Morgan fingerprint density at radius 2 is 1.04 bits per heavy atom. The van der Waals surface area contributed by atoms with Crippen LogP contribution in [0.4, 0.5) is 10.1 Å². The van der Waals surface area contributed by atoms with E-state index in [9.17, 15) is 18.8 Å². The van der Waals surface area contributed by atoms with E-state index in [1.807, 2.05) is 88.2 Å². The smallest absolute Gasteiger partial charge is 0.408 e. The minimum atomic E-state index is -0.720. The molecule has 7 heterocycles. The molecule has 0 fully saturated rings. The third-order valence-corrected chi connectivity index (χ3v) is 17.3. The molecule has 2 aliphatic heterocycles. The van der Waals surface area contributed by atoms with Gasteiger partial charge in [0.1, 0.15) is 0 Å². The average Bonchev–Trinajstić information content (AvgIpc) is 1.10. The number of aliphatic imine (C=N–C) groups is 1. The standard InChI is InChI=1S/C14H18.C13H15N.C12H15N.C11H13NO2.C10H15NO.2C10H15N.C9H12FNO.5CH4/c1-10-7-11-5-6-13(14(2,3)4)9-12(11)8-10;1-13(2,3)11-7-6-10-5-4-8-14-12(10)9-11;1-12(2,3)10-5-4-9-6-7-13-11(9)8-10;1-11(2,3)7-4-5-9-8(6-7)12-10(13)14-9;1-10(2,3)8-5-6-9(12)11(4)7-8;1-8-5-6-9(7-11-8)10(2,3)4;1-8-5-6-9(11-7-8)10(2,3)4;1-9(2,3)6-4-7(10)8(12)11-5-6;;;;;/h5-6,9H,1,7-8H2,2-4H3;4-9H,1-3H3;4-5,7-8H,6H2,1-3H3;4-6H,1-3H3,(H,12,13);5-7H,1-4H3;5-7,11H,1H2,2-4H3;5-7H,1-4H3;4-5H,1-3H3,(H,11,12);5*1H4. The molecule has 0 unspecified atom stereocenters. The molecule has 3 aliphatic rings. The number of halogens is 1. The molecule has 0 saturated carbocycles. The van der Waals surface area contributed by atoms with E-state index in [-0.39, 0.29) is 86.0 Å². The molecule has 5 aromatic heterocycles. The van der Waals surface area contributed by atoms with E-state index in [0.29, 0.717) is 5.58 Å². The highest BCUT2D eigenvalue weighted by atomic mass is 19.1. The van der Waals surface area contributed by atoms with Gasteiger partial charge in [-0.25, -0.2) is 9.18 Å². The van der Waals surface area contributed by atoms with E-state index < -0.39 is 17.1 Å². The summed E-state index contributed by atoms with van der Waals surface area (Å²) in [6, 6.07) is 38.8. The Hall–Kier alpha value is -9.03. The van der Waals surface area contributed by atoms with Crippen LogP contribution in [-0.4, -0.2) is 30.7 Å². The van der Waals surface area contributed by atoms with Crippen LogP contribution in [0.15, 0.2) is 212 Å². The van der Waals surface area contributed by atoms with Gasteiger partial charge in [-0.1, -0.05) is 295 Å². The van der Waals surface area contributed by atoms with Gasteiger partial charge in [0.25, 0.3) is 5.56 Å². The van der Waals surface area contributed by atoms with Crippen LogP contribution in [-0.2, 0) is 64.2 Å². The Bertz CT molecular complexity index is 4500. The molecule has 106 heavy (non-hydrogen) atoms. The minimum absolute atomic E-state index is 0. The molecule has 9 aromatic rings. The maximum Gasteiger partial charge on any atom is 0.417 e. The van der Waals surface area contributed by atoms with Gasteiger partial charge in [-0.3, -0.25) is 29.5 Å². The lowest BCUT2D eigenvalue weighted by Gasteiger charge is -2.22. The number of rotatable bonds is 0. The summed E-state index contributed by atoms with van der Waals surface area (Å²) < 4.78 is 19.3. The van der Waals surface area contributed by atoms with Gasteiger partial charge in [0.2, 0.25) is 5.56 Å². The fourth-order valence-corrected chi connectivity index (χ4v) is 10.3. The van der Waals surface area contributed by atoms with E-state index >= 15 is 0 Å². The molecule has 0 atom stereocenters. The summed E-state index contributed by atoms with van der Waals surface area (Å²) in [5.74, 6) is -1.12. The van der Waals surface area contributed by atoms with Crippen LogP contribution in [0.2, 0.25) is 0 Å². The van der Waals surface area contributed by atoms with E-state index in [1.54, 1.807) is 23.9 Å². The van der Waals surface area contributed by atoms with E-state index in [2.05, 4.69) is 275 Å². The number of hydrogen-bond acceptors (Lipinski definition) is 8. The minimum Gasteiger partial charge on any atom is -0.408 e. The van der Waals surface area contributed by atoms with Gasteiger partial charge in [0, 0.05) is 78.9 Å². The van der Waals surface area contributed by atoms with Gasteiger partial charge in [-0.2, -0.15) is 0 Å². The first-order chi connectivity index (χ1) is 46.4. The second-order valence-electron chi connectivity index (χ2n) is 34.8. The number of nitrogens with one attached hydrogen (secondary N) is 3. The van der Waals surface area contributed by atoms with E-state index in [1.165, 1.54) is 72.7 Å². The van der Waals surface area contributed by atoms with Crippen molar-refractivity contribution in [3.63, 3.8) is 0 Å². The van der Waals surface area contributed by atoms with Gasteiger partial charge >= 0.3 is 5.76 Å². The summed E-state index contributed by atoms with van der Waals surface area (Å²) >= 11 is 0. The Morgan fingerprint density at radius 3 is 1.55 bits per heavy atom. The summed E-state index contributed by atoms with van der Waals surface area (Å²) in [5, 5.41) is 4.30. The quantitative estimate of drug-likeness (QED) is 0.128. The number of benzene rings is 4. The second-order valence-corrected chi connectivity index (χ2v) is 34.8. The summed E-state index contributed by atoms with van der Waals surface area (Å²) in [4.78, 5) is 50.7. The summed E-state index contributed by atoms with van der Waals surface area (Å²) in [6.45, 7) is 61.8. The fourth-order valence-electron chi connectivity index (χ4n) is 10.3. The highest BCUT2D eigenvalue weighted by Gasteiger charge is 2.22. The Kier molecular flexibility index (Phi) is 36.2. The number of fused-ring (bicyclic) bond motifs is 4. The Balaban J connectivity index is 0.00000118. The fraction of sp³-hybridized carbons (Fsp3) is 0.447. The summed E-state index contributed by atoms with van der Waals surface area (Å²) in [5.41, 5.74) is 21.8. The predicted molar refractivity (Wildman–Crippen MR) is 461 cm³/mol. The number of hydrogen-bond donors (Lipinski definition) is 3. The zero-order valence-corrected chi connectivity index (χ0v) is 65.9. The molecule has 12 rings (SSSR count). The van der Waals surface area contributed by atoms with Crippen molar-refractivity contribution in [3.8, 4) is 0 Å². The van der Waals surface area contributed by atoms with Gasteiger partial charge in [-0.05, 0) is 167 Å². The SMILES string of the molecule is C.C.C.C.C.C=C1C=CC(C(C)(C)C)=CN1.C=C1Cc2ccc(C(C)(C)C)cc2C1.CC(C)(C)c1c[nH]c(=O)c(F)c1.CC(C)(C)c1ccc2c(c1)N=CC2.CC(C)(C)c1ccc2cccnc2c1.CC(C)(C)c1ccc2oc(=O)[nH]c2c1.Cc1ccc(C(C)(C)C)nc1.Cn1cc(C(C)(C)C)ccc1=O.